The largest absolute Gasteiger partial charge is 0.466 e. The maximum Gasteiger partial charge on any atom is 0.305 e. The third-order valence-electron chi connectivity index (χ3n) is 13.7. The molecule has 0 aliphatic rings. The van der Waals surface area contributed by atoms with E-state index in [0.717, 1.165) is 77.0 Å². The normalized spacial score (nSPS) is 12.8. The van der Waals surface area contributed by atoms with Crippen LogP contribution in [0.1, 0.15) is 316 Å². The summed E-state index contributed by atoms with van der Waals surface area (Å²) >= 11 is 0. The fourth-order valence-electron chi connectivity index (χ4n) is 9.10. The molecule has 394 valence electrons. The lowest BCUT2D eigenvalue weighted by Crippen LogP contribution is -2.45. The summed E-state index contributed by atoms with van der Waals surface area (Å²) in [4.78, 5) is 24.5. The van der Waals surface area contributed by atoms with Crippen LogP contribution in [0.25, 0.3) is 0 Å². The van der Waals surface area contributed by atoms with E-state index in [4.69, 9.17) is 4.74 Å². The van der Waals surface area contributed by atoms with Gasteiger partial charge in [0.1, 0.15) is 0 Å². The molecule has 1 amide bonds. The van der Waals surface area contributed by atoms with Crippen LogP contribution in [0.5, 0.6) is 0 Å². The topological polar surface area (TPSA) is 95.9 Å². The smallest absolute Gasteiger partial charge is 0.305 e. The second-order valence-corrected chi connectivity index (χ2v) is 20.4. The molecule has 0 aliphatic heterocycles. The Morgan fingerprint density at radius 2 is 0.731 bits per heavy atom. The van der Waals surface area contributed by atoms with Crippen molar-refractivity contribution in [1.29, 1.82) is 0 Å². The number of amides is 1. The molecule has 0 aliphatic carbocycles. The number of hydrogen-bond acceptors (Lipinski definition) is 5. The Balaban J connectivity index is 3.49. The summed E-state index contributed by atoms with van der Waals surface area (Å²) in [5.74, 6) is -0.0878. The Bertz CT molecular complexity index is 1090. The summed E-state index contributed by atoms with van der Waals surface area (Å²) in [7, 11) is 0. The highest BCUT2D eigenvalue weighted by Crippen LogP contribution is 2.17. The zero-order valence-corrected chi connectivity index (χ0v) is 44.9. The minimum absolute atomic E-state index is 0.0107. The molecule has 6 nitrogen and oxygen atoms in total. The van der Waals surface area contributed by atoms with Gasteiger partial charge in [0.2, 0.25) is 5.91 Å². The molecule has 0 heterocycles. The Hall–Kier alpha value is -1.92. The molecule has 0 saturated carbocycles. The summed E-state index contributed by atoms with van der Waals surface area (Å²) < 4.78 is 5.46. The maximum atomic E-state index is 12.5. The molecule has 0 radical (unpaired) electrons. The first-order valence-corrected chi connectivity index (χ1v) is 29.8. The predicted octanol–water partition coefficient (Wildman–Crippen LogP) is 18.4. The van der Waals surface area contributed by atoms with Gasteiger partial charge in [-0.05, 0) is 64.2 Å². The van der Waals surface area contributed by atoms with Crippen LogP contribution >= 0.6 is 0 Å². The summed E-state index contributed by atoms with van der Waals surface area (Å²) in [6, 6.07) is -0.635. The van der Waals surface area contributed by atoms with Gasteiger partial charge < -0.3 is 20.3 Å². The van der Waals surface area contributed by atoms with Gasteiger partial charge in [-0.1, -0.05) is 275 Å². The molecule has 0 aromatic heterocycles. The summed E-state index contributed by atoms with van der Waals surface area (Å²) in [5.41, 5.74) is 0. The van der Waals surface area contributed by atoms with Crippen molar-refractivity contribution >= 4 is 11.9 Å². The first-order valence-electron chi connectivity index (χ1n) is 29.8. The Morgan fingerprint density at radius 3 is 1.10 bits per heavy atom. The van der Waals surface area contributed by atoms with Crippen molar-refractivity contribution in [2.45, 2.75) is 328 Å². The van der Waals surface area contributed by atoms with Gasteiger partial charge in [0.05, 0.1) is 25.4 Å². The number of carbonyl (C=O) groups is 2. The fraction of sp³-hybridized carbons (Fsp3) is 0.869. The third-order valence-corrected chi connectivity index (χ3v) is 13.7. The van der Waals surface area contributed by atoms with Crippen LogP contribution in [0.2, 0.25) is 0 Å². The zero-order chi connectivity index (χ0) is 48.6. The maximum absolute atomic E-state index is 12.5. The van der Waals surface area contributed by atoms with Gasteiger partial charge in [-0.2, -0.15) is 0 Å². The lowest BCUT2D eigenvalue weighted by Gasteiger charge is -2.20. The van der Waals surface area contributed by atoms with Crippen molar-refractivity contribution in [3.63, 3.8) is 0 Å². The highest BCUT2D eigenvalue weighted by Gasteiger charge is 2.18. The summed E-state index contributed by atoms with van der Waals surface area (Å²) in [6.07, 6.45) is 70.3. The lowest BCUT2D eigenvalue weighted by molar-refractivity contribution is -0.143. The fourth-order valence-corrected chi connectivity index (χ4v) is 9.10. The number of aliphatic hydroxyl groups is 2. The summed E-state index contributed by atoms with van der Waals surface area (Å²) in [6.45, 7) is 4.88. The van der Waals surface area contributed by atoms with Crippen molar-refractivity contribution in [2.75, 3.05) is 13.2 Å². The van der Waals surface area contributed by atoms with Crippen molar-refractivity contribution in [1.82, 2.24) is 5.32 Å². The van der Waals surface area contributed by atoms with Crippen molar-refractivity contribution in [2.24, 2.45) is 0 Å². The van der Waals surface area contributed by atoms with Gasteiger partial charge in [0, 0.05) is 12.8 Å². The van der Waals surface area contributed by atoms with Crippen molar-refractivity contribution in [3.05, 3.63) is 36.5 Å². The van der Waals surface area contributed by atoms with Gasteiger partial charge in [-0.15, -0.1) is 0 Å². The molecule has 2 atom stereocenters. The van der Waals surface area contributed by atoms with Crippen LogP contribution in [0, 0.1) is 0 Å². The standard InChI is InChI=1S/C61H115NO5/c1-3-5-7-9-11-13-15-17-19-27-31-35-39-43-47-51-55-61(66)67-56-52-48-44-40-36-32-28-24-22-20-21-23-26-30-34-38-42-46-50-54-60(65)62-58(57-63)59(64)53-49-45-41-37-33-29-25-18-16-14-12-10-8-6-4-2/h24,28,32,36,49,53,58-59,63-64H,3-23,25-27,29-31,33-35,37-48,50-52,54-57H2,1-2H3,(H,62,65)/b28-24-,36-32-,53-49+. The van der Waals surface area contributed by atoms with Crippen molar-refractivity contribution in [3.8, 4) is 0 Å². The quantitative estimate of drug-likeness (QED) is 0.0244. The van der Waals surface area contributed by atoms with Crippen LogP contribution in [0.15, 0.2) is 36.5 Å². The molecule has 6 heteroatoms. The molecule has 0 rings (SSSR count). The van der Waals surface area contributed by atoms with E-state index in [0.29, 0.717) is 19.4 Å². The number of nitrogens with one attached hydrogen (secondary N) is 1. The SMILES string of the molecule is CCCCCCCCCCCCCCC/C=C/C(O)C(CO)NC(=O)CCCCCCCCCCCC/C=C\C=C/CCCCCOC(=O)CCCCCCCCCCCCCCCCCC. The zero-order valence-electron chi connectivity index (χ0n) is 44.9. The number of esters is 1. The van der Waals surface area contributed by atoms with Gasteiger partial charge in [0.25, 0.3) is 0 Å². The Morgan fingerprint density at radius 1 is 0.418 bits per heavy atom. The van der Waals surface area contributed by atoms with E-state index in [-0.39, 0.29) is 18.5 Å². The molecule has 0 aromatic carbocycles. The Kier molecular flexibility index (Phi) is 55.0. The first-order chi connectivity index (χ1) is 33.0. The lowest BCUT2D eigenvalue weighted by atomic mass is 10.0. The van der Waals surface area contributed by atoms with Crippen LogP contribution in [-0.2, 0) is 14.3 Å². The van der Waals surface area contributed by atoms with Crippen LogP contribution < -0.4 is 5.32 Å². The number of aliphatic hydroxyl groups excluding tert-OH is 2. The van der Waals surface area contributed by atoms with E-state index in [1.165, 1.54) is 212 Å². The van der Waals surface area contributed by atoms with Gasteiger partial charge in [-0.3, -0.25) is 9.59 Å². The van der Waals surface area contributed by atoms with Crippen LogP contribution in [0.4, 0.5) is 0 Å². The first kappa shape index (κ1) is 65.1. The highest BCUT2D eigenvalue weighted by molar-refractivity contribution is 5.76. The molecule has 3 N–H and O–H groups in total. The number of rotatable bonds is 55. The van der Waals surface area contributed by atoms with Gasteiger partial charge in [0.15, 0.2) is 0 Å². The molecular weight excluding hydrogens is 827 g/mol. The third kappa shape index (κ3) is 53.3. The number of allylic oxidation sites excluding steroid dienone is 5. The number of unbranched alkanes of at least 4 members (excludes halogenated alkanes) is 41. The molecule has 0 bridgehead atoms. The van der Waals surface area contributed by atoms with E-state index >= 15 is 0 Å². The molecule has 67 heavy (non-hydrogen) atoms. The number of ether oxygens (including phenoxy) is 1. The average Bonchev–Trinajstić information content (AvgIpc) is 3.33. The monoisotopic (exact) mass is 942 g/mol. The molecule has 0 spiro atoms. The van der Waals surface area contributed by atoms with Crippen molar-refractivity contribution < 1.29 is 24.5 Å². The highest BCUT2D eigenvalue weighted by atomic mass is 16.5. The van der Waals surface area contributed by atoms with Crippen LogP contribution in [0.3, 0.4) is 0 Å². The molecule has 0 aromatic rings. The second kappa shape index (κ2) is 56.7. The molecular formula is C61H115NO5. The number of carbonyl (C=O) groups excluding carboxylic acids is 2. The van der Waals surface area contributed by atoms with Gasteiger partial charge in [-0.25, -0.2) is 0 Å². The molecule has 0 saturated heterocycles. The predicted molar refractivity (Wildman–Crippen MR) is 292 cm³/mol. The number of hydrogen-bond donors (Lipinski definition) is 3. The van der Waals surface area contributed by atoms with Gasteiger partial charge >= 0.3 is 5.97 Å². The molecule has 2 unspecified atom stereocenters. The van der Waals surface area contributed by atoms with E-state index in [1.54, 1.807) is 6.08 Å². The van der Waals surface area contributed by atoms with Crippen LogP contribution in [-0.4, -0.2) is 47.4 Å². The second-order valence-electron chi connectivity index (χ2n) is 20.4. The average molecular weight is 943 g/mol. The van der Waals surface area contributed by atoms with E-state index in [9.17, 15) is 19.8 Å². The van der Waals surface area contributed by atoms with E-state index in [1.807, 2.05) is 6.08 Å². The summed E-state index contributed by atoms with van der Waals surface area (Å²) in [5, 5.41) is 23.1. The Labute approximate surface area is 417 Å². The molecule has 0 fully saturated rings. The minimum atomic E-state index is -0.851. The van der Waals surface area contributed by atoms with E-state index in [2.05, 4.69) is 43.5 Å². The minimum Gasteiger partial charge on any atom is -0.466 e. The van der Waals surface area contributed by atoms with E-state index < -0.39 is 12.1 Å².